The van der Waals surface area contributed by atoms with E-state index < -0.39 is 0 Å². The van der Waals surface area contributed by atoms with Crippen molar-refractivity contribution in [1.82, 2.24) is 9.80 Å². The molecule has 2 heterocycles. The number of amides is 1. The van der Waals surface area contributed by atoms with Gasteiger partial charge < -0.3 is 9.64 Å². The maximum Gasteiger partial charge on any atom is 0.300 e. The van der Waals surface area contributed by atoms with Crippen molar-refractivity contribution in [3.63, 3.8) is 0 Å². The number of likely N-dealkylation sites (N-methyl/N-ethyl adjacent to an activating group) is 1. The number of amidine groups is 1. The lowest BCUT2D eigenvalue weighted by atomic mass is 10.1. The molecule has 0 aliphatic carbocycles. The van der Waals surface area contributed by atoms with E-state index in [2.05, 4.69) is 35.0 Å². The van der Waals surface area contributed by atoms with Gasteiger partial charge >= 0.3 is 6.02 Å². The zero-order valence-corrected chi connectivity index (χ0v) is 17.1. The van der Waals surface area contributed by atoms with Gasteiger partial charge in [0.1, 0.15) is 0 Å². The second-order valence-electron chi connectivity index (χ2n) is 6.88. The number of allylic oxidation sites excluding steroid dienone is 6. The second kappa shape index (κ2) is 10.8. The average Bonchev–Trinajstić information content (AvgIpc) is 2.99. The lowest BCUT2D eigenvalue weighted by Gasteiger charge is -2.29. The maximum absolute atomic E-state index is 12.5. The Kier molecular flexibility index (Phi) is 8.37. The van der Waals surface area contributed by atoms with Crippen molar-refractivity contribution in [3.05, 3.63) is 47.9 Å². The van der Waals surface area contributed by atoms with Gasteiger partial charge in [0.2, 0.25) is 0 Å². The number of hydrogen-bond acceptors (Lipinski definition) is 4. The zero-order valence-electron chi connectivity index (χ0n) is 17.1. The topological polar surface area (TPSA) is 45.1 Å². The van der Waals surface area contributed by atoms with Crippen LogP contribution in [-0.4, -0.2) is 47.4 Å². The summed E-state index contributed by atoms with van der Waals surface area (Å²) in [4.78, 5) is 21.0. The van der Waals surface area contributed by atoms with E-state index in [9.17, 15) is 4.79 Å². The standard InChI is InChI=1S/C22H33N3O2/c1-5-13-19(24-16-11-8-12-17-24)14-9-10-15-20-21(26)25(7-3)22(27-20)23-18(4)6-2/h5,9-10,13-15,18H,6-8,11-12,16-17H2,1-4H3/b10-9+,13-5-,19-14+,20-15+,23-22?. The van der Waals surface area contributed by atoms with Gasteiger partial charge in [0.15, 0.2) is 5.76 Å². The Morgan fingerprint density at radius 2 is 1.96 bits per heavy atom. The largest absolute Gasteiger partial charge is 0.420 e. The number of rotatable bonds is 7. The molecule has 5 nitrogen and oxygen atoms in total. The first-order valence-corrected chi connectivity index (χ1v) is 10.1. The summed E-state index contributed by atoms with van der Waals surface area (Å²) in [5.74, 6) is 0.201. The van der Waals surface area contributed by atoms with Crippen molar-refractivity contribution in [3.8, 4) is 0 Å². The monoisotopic (exact) mass is 371 g/mol. The van der Waals surface area contributed by atoms with Crippen LogP contribution in [0.15, 0.2) is 52.9 Å². The van der Waals surface area contributed by atoms with Crippen LogP contribution in [0.25, 0.3) is 0 Å². The molecular weight excluding hydrogens is 338 g/mol. The average molecular weight is 372 g/mol. The van der Waals surface area contributed by atoms with Crippen molar-refractivity contribution < 1.29 is 9.53 Å². The molecule has 0 bridgehead atoms. The van der Waals surface area contributed by atoms with Crippen molar-refractivity contribution in [2.24, 2.45) is 4.99 Å². The molecule has 2 fully saturated rings. The van der Waals surface area contributed by atoms with E-state index in [1.54, 1.807) is 11.0 Å². The van der Waals surface area contributed by atoms with Crippen molar-refractivity contribution in [2.45, 2.75) is 59.4 Å². The molecule has 0 aromatic rings. The molecule has 0 N–H and O–H groups in total. The Morgan fingerprint density at radius 1 is 1.22 bits per heavy atom. The summed E-state index contributed by atoms with van der Waals surface area (Å²) in [5, 5.41) is 0. The minimum Gasteiger partial charge on any atom is -0.420 e. The van der Waals surface area contributed by atoms with Crippen LogP contribution < -0.4 is 0 Å². The molecule has 2 aliphatic heterocycles. The molecule has 1 atom stereocenters. The van der Waals surface area contributed by atoms with E-state index in [1.807, 2.05) is 32.9 Å². The summed E-state index contributed by atoms with van der Waals surface area (Å²) in [6.45, 7) is 10.8. The molecular formula is C22H33N3O2. The van der Waals surface area contributed by atoms with Gasteiger partial charge in [-0.15, -0.1) is 0 Å². The van der Waals surface area contributed by atoms with Gasteiger partial charge in [0.05, 0.1) is 6.04 Å². The highest BCUT2D eigenvalue weighted by molar-refractivity contribution is 6.09. The Balaban J connectivity index is 2.10. The van der Waals surface area contributed by atoms with Gasteiger partial charge in [0.25, 0.3) is 5.91 Å². The van der Waals surface area contributed by atoms with Gasteiger partial charge in [-0.2, -0.15) is 0 Å². The molecule has 1 amide bonds. The van der Waals surface area contributed by atoms with E-state index in [1.165, 1.54) is 25.0 Å². The lowest BCUT2D eigenvalue weighted by molar-refractivity contribution is -0.122. The molecule has 2 aliphatic rings. The number of hydrogen-bond donors (Lipinski definition) is 0. The lowest BCUT2D eigenvalue weighted by Crippen LogP contribution is -2.30. The highest BCUT2D eigenvalue weighted by Crippen LogP contribution is 2.18. The van der Waals surface area contributed by atoms with Crippen LogP contribution in [0.5, 0.6) is 0 Å². The molecule has 0 spiro atoms. The Bertz CT molecular complexity index is 652. The van der Waals surface area contributed by atoms with Crippen LogP contribution in [0.4, 0.5) is 0 Å². The minimum atomic E-state index is -0.127. The second-order valence-corrected chi connectivity index (χ2v) is 6.88. The number of carbonyl (C=O) groups is 1. The highest BCUT2D eigenvalue weighted by atomic mass is 16.5. The molecule has 148 valence electrons. The first kappa shape index (κ1) is 21.0. The van der Waals surface area contributed by atoms with Gasteiger partial charge in [-0.05, 0) is 64.7 Å². The fourth-order valence-electron chi connectivity index (χ4n) is 3.06. The molecule has 0 aromatic carbocycles. The summed E-state index contributed by atoms with van der Waals surface area (Å²) >= 11 is 0. The normalized spacial score (nSPS) is 23.3. The summed E-state index contributed by atoms with van der Waals surface area (Å²) in [7, 11) is 0. The fourth-order valence-corrected chi connectivity index (χ4v) is 3.06. The molecule has 1 unspecified atom stereocenters. The fraction of sp³-hybridized carbons (Fsp3) is 0.545. The quantitative estimate of drug-likeness (QED) is 0.492. The van der Waals surface area contributed by atoms with E-state index in [4.69, 9.17) is 4.74 Å². The highest BCUT2D eigenvalue weighted by Gasteiger charge is 2.33. The molecule has 0 aromatic heterocycles. The van der Waals surface area contributed by atoms with Gasteiger partial charge in [-0.3, -0.25) is 9.69 Å². The smallest absolute Gasteiger partial charge is 0.300 e. The van der Waals surface area contributed by atoms with Crippen molar-refractivity contribution in [2.75, 3.05) is 19.6 Å². The maximum atomic E-state index is 12.5. The van der Waals surface area contributed by atoms with Gasteiger partial charge in [-0.25, -0.2) is 4.99 Å². The minimum absolute atomic E-state index is 0.127. The molecule has 27 heavy (non-hydrogen) atoms. The van der Waals surface area contributed by atoms with Crippen LogP contribution in [0.1, 0.15) is 53.4 Å². The van der Waals surface area contributed by atoms with Crippen LogP contribution in [0.2, 0.25) is 0 Å². The van der Waals surface area contributed by atoms with Crippen molar-refractivity contribution in [1.29, 1.82) is 0 Å². The van der Waals surface area contributed by atoms with Crippen LogP contribution in [0, 0.1) is 0 Å². The zero-order chi connectivity index (χ0) is 19.6. The Hall–Kier alpha value is -2.30. The van der Waals surface area contributed by atoms with Crippen LogP contribution >= 0.6 is 0 Å². The van der Waals surface area contributed by atoms with E-state index in [0.717, 1.165) is 19.5 Å². The van der Waals surface area contributed by atoms with Crippen LogP contribution in [-0.2, 0) is 9.53 Å². The molecule has 0 radical (unpaired) electrons. The number of carbonyl (C=O) groups excluding carboxylic acids is 1. The third-order valence-electron chi connectivity index (χ3n) is 4.81. The van der Waals surface area contributed by atoms with Gasteiger partial charge in [-0.1, -0.05) is 25.2 Å². The number of piperidine rings is 1. The molecule has 5 heteroatoms. The summed E-state index contributed by atoms with van der Waals surface area (Å²) in [5.41, 5.74) is 1.21. The third-order valence-corrected chi connectivity index (χ3v) is 4.81. The Labute approximate surface area is 163 Å². The number of likely N-dealkylation sites (tertiary alicyclic amines) is 1. The van der Waals surface area contributed by atoms with E-state index >= 15 is 0 Å². The SMILES string of the molecule is C\C=C/C(=C\C=C\C=C1\OC(=NC(C)CC)N(CC)C1=O)N1CCCCC1. The predicted molar refractivity (Wildman–Crippen MR) is 111 cm³/mol. The van der Waals surface area contributed by atoms with Gasteiger partial charge in [0, 0.05) is 25.3 Å². The number of nitrogens with zero attached hydrogens (tertiary/aromatic N) is 3. The molecule has 2 saturated heterocycles. The third kappa shape index (κ3) is 5.84. The predicted octanol–water partition coefficient (Wildman–Crippen LogP) is 4.41. The molecule has 2 rings (SSSR count). The summed E-state index contributed by atoms with van der Waals surface area (Å²) in [6, 6.07) is 0.544. The number of aliphatic imine (C=N–C) groups is 1. The van der Waals surface area contributed by atoms with E-state index in [0.29, 0.717) is 18.3 Å². The Morgan fingerprint density at radius 3 is 2.59 bits per heavy atom. The summed E-state index contributed by atoms with van der Waals surface area (Å²) < 4.78 is 5.71. The first-order chi connectivity index (χ1) is 13.1. The summed E-state index contributed by atoms with van der Waals surface area (Å²) in [6.07, 6.45) is 16.6. The first-order valence-electron chi connectivity index (χ1n) is 10.1. The van der Waals surface area contributed by atoms with Crippen molar-refractivity contribution >= 4 is 11.9 Å². The molecule has 0 saturated carbocycles. The van der Waals surface area contributed by atoms with Crippen LogP contribution in [0.3, 0.4) is 0 Å². The number of ether oxygens (including phenoxy) is 1. The van der Waals surface area contributed by atoms with E-state index in [-0.39, 0.29) is 11.9 Å².